The first-order chi connectivity index (χ1) is 7.67. The average molecular weight is 228 g/mol. The van der Waals surface area contributed by atoms with Crippen molar-refractivity contribution in [2.45, 2.75) is 32.2 Å². The van der Waals surface area contributed by atoms with Gasteiger partial charge >= 0.3 is 5.97 Å². The third kappa shape index (κ3) is 4.10. The Hall–Kier alpha value is -0.610. The molecule has 1 aliphatic heterocycles. The predicted octanol–water partition coefficient (Wildman–Crippen LogP) is 0.966. The summed E-state index contributed by atoms with van der Waals surface area (Å²) in [6.45, 7) is 6.41. The molecule has 16 heavy (non-hydrogen) atoms. The van der Waals surface area contributed by atoms with Crippen molar-refractivity contribution in [2.24, 2.45) is 0 Å². The quantitative estimate of drug-likeness (QED) is 0.671. The van der Waals surface area contributed by atoms with Crippen molar-refractivity contribution in [3.05, 3.63) is 0 Å². The highest BCUT2D eigenvalue weighted by Gasteiger charge is 2.22. The number of methoxy groups -OCH3 is 1. The fourth-order valence-corrected chi connectivity index (χ4v) is 2.31. The van der Waals surface area contributed by atoms with Crippen LogP contribution in [-0.4, -0.2) is 62.1 Å². The van der Waals surface area contributed by atoms with Gasteiger partial charge in [-0.2, -0.15) is 0 Å². The lowest BCUT2D eigenvalue weighted by molar-refractivity contribution is -0.141. The first kappa shape index (κ1) is 13.5. The lowest BCUT2D eigenvalue weighted by Crippen LogP contribution is -2.40. The molecular formula is C12H24N2O2. The summed E-state index contributed by atoms with van der Waals surface area (Å²) < 4.78 is 4.69. The number of carbonyl (C=O) groups excluding carboxylic acids is 1. The van der Waals surface area contributed by atoms with Gasteiger partial charge in [-0.1, -0.05) is 6.92 Å². The van der Waals surface area contributed by atoms with Crippen molar-refractivity contribution < 1.29 is 9.53 Å². The van der Waals surface area contributed by atoms with Crippen molar-refractivity contribution in [1.82, 2.24) is 9.80 Å². The summed E-state index contributed by atoms with van der Waals surface area (Å²) in [7, 11) is 3.63. The lowest BCUT2D eigenvalue weighted by Gasteiger charge is -2.29. The zero-order chi connectivity index (χ0) is 12.0. The van der Waals surface area contributed by atoms with Crippen LogP contribution in [0.5, 0.6) is 0 Å². The second-order valence-electron chi connectivity index (χ2n) is 4.54. The van der Waals surface area contributed by atoms with Gasteiger partial charge < -0.3 is 9.64 Å². The fraction of sp³-hybridized carbons (Fsp3) is 0.917. The van der Waals surface area contributed by atoms with E-state index in [1.54, 1.807) is 0 Å². The minimum Gasteiger partial charge on any atom is -0.469 e. The zero-order valence-corrected chi connectivity index (χ0v) is 10.7. The molecule has 4 heteroatoms. The van der Waals surface area contributed by atoms with Gasteiger partial charge in [-0.3, -0.25) is 9.69 Å². The molecule has 4 nitrogen and oxygen atoms in total. The van der Waals surface area contributed by atoms with Crippen LogP contribution >= 0.6 is 0 Å². The maximum Gasteiger partial charge on any atom is 0.306 e. The number of ether oxygens (including phenoxy) is 1. The van der Waals surface area contributed by atoms with Gasteiger partial charge in [0.25, 0.3) is 0 Å². The number of hydrogen-bond acceptors (Lipinski definition) is 4. The predicted molar refractivity (Wildman–Crippen MR) is 64.4 cm³/mol. The summed E-state index contributed by atoms with van der Waals surface area (Å²) in [5, 5.41) is 0. The van der Waals surface area contributed by atoms with Crippen LogP contribution in [0.1, 0.15) is 26.2 Å². The fourth-order valence-electron chi connectivity index (χ4n) is 2.31. The summed E-state index contributed by atoms with van der Waals surface area (Å²) >= 11 is 0. The molecule has 0 N–H and O–H groups in total. The van der Waals surface area contributed by atoms with E-state index in [-0.39, 0.29) is 5.97 Å². The molecule has 1 heterocycles. The maximum atomic E-state index is 11.1. The Labute approximate surface area is 98.5 Å². The molecule has 0 aromatic carbocycles. The van der Waals surface area contributed by atoms with Crippen LogP contribution in [0.15, 0.2) is 0 Å². The molecule has 94 valence electrons. The Morgan fingerprint density at radius 2 is 2.19 bits per heavy atom. The molecule has 0 bridgehead atoms. The summed E-state index contributed by atoms with van der Waals surface area (Å²) in [5.41, 5.74) is 0. The standard InChI is InChI=1S/C12H24N2O2/c1-4-11-10-13(2)7-5-8-14(11)9-6-12(15)16-3/h11H,4-10H2,1-3H3. The van der Waals surface area contributed by atoms with Crippen LogP contribution in [0.25, 0.3) is 0 Å². The van der Waals surface area contributed by atoms with Crippen molar-refractivity contribution in [3.63, 3.8) is 0 Å². The zero-order valence-electron chi connectivity index (χ0n) is 10.7. The third-order valence-corrected chi connectivity index (χ3v) is 3.33. The van der Waals surface area contributed by atoms with Crippen LogP contribution in [0, 0.1) is 0 Å². The van der Waals surface area contributed by atoms with Gasteiger partial charge in [-0.05, 0) is 33.0 Å². The number of hydrogen-bond donors (Lipinski definition) is 0. The molecule has 0 aromatic rings. The third-order valence-electron chi connectivity index (χ3n) is 3.33. The molecule has 0 amide bonds. The number of likely N-dealkylation sites (N-methyl/N-ethyl adjacent to an activating group) is 1. The molecule has 1 aliphatic rings. The molecule has 1 unspecified atom stereocenters. The lowest BCUT2D eigenvalue weighted by atomic mass is 10.2. The van der Waals surface area contributed by atoms with E-state index in [4.69, 9.17) is 0 Å². The van der Waals surface area contributed by atoms with Crippen LogP contribution < -0.4 is 0 Å². The summed E-state index contributed by atoms with van der Waals surface area (Å²) in [6, 6.07) is 0.581. The van der Waals surface area contributed by atoms with E-state index in [2.05, 4.69) is 28.5 Å². The number of nitrogens with zero attached hydrogens (tertiary/aromatic N) is 2. The van der Waals surface area contributed by atoms with Gasteiger partial charge in [0.2, 0.25) is 0 Å². The molecule has 1 atom stereocenters. The van der Waals surface area contributed by atoms with E-state index in [9.17, 15) is 4.79 Å². The van der Waals surface area contributed by atoms with E-state index in [0.717, 1.165) is 32.6 Å². The van der Waals surface area contributed by atoms with E-state index in [1.165, 1.54) is 13.5 Å². The number of carbonyl (C=O) groups is 1. The average Bonchev–Trinajstić information content (AvgIpc) is 2.47. The Kier molecular flexibility index (Phi) is 5.77. The van der Waals surface area contributed by atoms with Crippen molar-refractivity contribution in [3.8, 4) is 0 Å². The molecule has 0 spiro atoms. The Bertz CT molecular complexity index is 221. The minimum absolute atomic E-state index is 0.104. The highest BCUT2D eigenvalue weighted by Crippen LogP contribution is 2.12. The van der Waals surface area contributed by atoms with Crippen LogP contribution in [0.2, 0.25) is 0 Å². The van der Waals surface area contributed by atoms with E-state index in [1.807, 2.05) is 0 Å². The van der Waals surface area contributed by atoms with E-state index >= 15 is 0 Å². The maximum absolute atomic E-state index is 11.1. The largest absolute Gasteiger partial charge is 0.469 e. The second kappa shape index (κ2) is 6.86. The van der Waals surface area contributed by atoms with E-state index < -0.39 is 0 Å². The molecule has 1 rings (SSSR count). The van der Waals surface area contributed by atoms with Crippen molar-refractivity contribution >= 4 is 5.97 Å². The molecule has 0 aliphatic carbocycles. The molecule has 1 fully saturated rings. The van der Waals surface area contributed by atoms with Gasteiger partial charge in [0.05, 0.1) is 13.5 Å². The summed E-state index contributed by atoms with van der Waals surface area (Å²) in [5.74, 6) is -0.104. The van der Waals surface area contributed by atoms with Crippen molar-refractivity contribution in [1.29, 1.82) is 0 Å². The SMILES string of the molecule is CCC1CN(C)CCCN1CCC(=O)OC. The molecule has 0 aromatic heterocycles. The minimum atomic E-state index is -0.104. The molecular weight excluding hydrogens is 204 g/mol. The highest BCUT2D eigenvalue weighted by atomic mass is 16.5. The molecule has 1 saturated heterocycles. The van der Waals surface area contributed by atoms with Gasteiger partial charge in [-0.15, -0.1) is 0 Å². The highest BCUT2D eigenvalue weighted by molar-refractivity contribution is 5.69. The normalized spacial score (nSPS) is 24.1. The smallest absolute Gasteiger partial charge is 0.306 e. The first-order valence-electron chi connectivity index (χ1n) is 6.16. The first-order valence-corrected chi connectivity index (χ1v) is 6.16. The van der Waals surface area contributed by atoms with Crippen molar-refractivity contribution in [2.75, 3.05) is 40.3 Å². The second-order valence-corrected chi connectivity index (χ2v) is 4.54. The van der Waals surface area contributed by atoms with Crippen LogP contribution in [0.3, 0.4) is 0 Å². The topological polar surface area (TPSA) is 32.8 Å². The number of rotatable bonds is 4. The van der Waals surface area contributed by atoms with Gasteiger partial charge in [0.1, 0.15) is 0 Å². The molecule has 0 saturated carbocycles. The molecule has 0 radical (unpaired) electrons. The van der Waals surface area contributed by atoms with Gasteiger partial charge in [0.15, 0.2) is 0 Å². The summed E-state index contributed by atoms with van der Waals surface area (Å²) in [6.07, 6.45) is 2.84. The van der Waals surface area contributed by atoms with E-state index in [0.29, 0.717) is 12.5 Å². The van der Waals surface area contributed by atoms with Crippen LogP contribution in [0.4, 0.5) is 0 Å². The van der Waals surface area contributed by atoms with Crippen LogP contribution in [-0.2, 0) is 9.53 Å². The van der Waals surface area contributed by atoms with Gasteiger partial charge in [-0.25, -0.2) is 0 Å². The Morgan fingerprint density at radius 1 is 1.44 bits per heavy atom. The number of esters is 1. The van der Waals surface area contributed by atoms with Gasteiger partial charge in [0, 0.05) is 19.1 Å². The summed E-state index contributed by atoms with van der Waals surface area (Å²) in [4.78, 5) is 16.0. The monoisotopic (exact) mass is 228 g/mol. The Balaban J connectivity index is 2.44. The Morgan fingerprint density at radius 3 is 2.81 bits per heavy atom.